The van der Waals surface area contributed by atoms with Crippen LogP contribution in [-0.2, 0) is 5.41 Å². The van der Waals surface area contributed by atoms with E-state index in [0.29, 0.717) is 0 Å². The molecule has 0 fully saturated rings. The van der Waals surface area contributed by atoms with Crippen molar-refractivity contribution in [3.8, 4) is 0 Å². The van der Waals surface area contributed by atoms with Gasteiger partial charge in [-0.15, -0.1) is 11.3 Å². The molecule has 4 aromatic rings. The smallest absolute Gasteiger partial charge is 0.193 e. The molecule has 0 unspecified atom stereocenters. The lowest BCUT2D eigenvalue weighted by Crippen LogP contribution is -2.36. The largest absolute Gasteiger partial charge is 0.289 e. The molecule has 0 saturated heterocycles. The molecule has 1 aliphatic rings. The first-order chi connectivity index (χ1) is 13.3. The zero-order chi connectivity index (χ0) is 18.3. The predicted octanol–water partition coefficient (Wildman–Crippen LogP) is 6.01. The summed E-state index contributed by atoms with van der Waals surface area (Å²) in [5.74, 6) is 0. The Morgan fingerprint density at radius 1 is 0.741 bits per heavy atom. The highest BCUT2D eigenvalue weighted by atomic mass is 32.1. The summed E-state index contributed by atoms with van der Waals surface area (Å²) in [5.41, 5.74) is 2.94. The van der Waals surface area contributed by atoms with Crippen LogP contribution < -0.4 is 5.43 Å². The van der Waals surface area contributed by atoms with Gasteiger partial charge in [-0.25, -0.2) is 0 Å². The lowest BCUT2D eigenvalue weighted by Gasteiger charge is -2.37. The highest BCUT2D eigenvalue weighted by Crippen LogP contribution is 2.46. The van der Waals surface area contributed by atoms with Crippen molar-refractivity contribution in [3.05, 3.63) is 123 Å². The van der Waals surface area contributed by atoms with Crippen molar-refractivity contribution in [1.29, 1.82) is 0 Å². The number of hydrogen-bond acceptors (Lipinski definition) is 2. The molecule has 0 aliphatic heterocycles. The highest BCUT2D eigenvalue weighted by Gasteiger charge is 2.41. The number of allylic oxidation sites excluding steroid dienone is 1. The Bertz CT molecular complexity index is 1160. The lowest BCUT2D eigenvalue weighted by molar-refractivity contribution is 0.619. The number of fused-ring (bicyclic) bond motifs is 2. The third-order valence-electron chi connectivity index (χ3n) is 5.48. The molecule has 1 heterocycles. The average molecular weight is 366 g/mol. The number of hydrogen-bond donors (Lipinski definition) is 0. The first-order valence-electron chi connectivity index (χ1n) is 9.14. The van der Waals surface area contributed by atoms with Crippen LogP contribution in [0.2, 0.25) is 0 Å². The summed E-state index contributed by atoms with van der Waals surface area (Å²) in [4.78, 5) is 14.8. The summed E-state index contributed by atoms with van der Waals surface area (Å²) in [6.45, 7) is 0. The molecule has 1 aromatic heterocycles. The zero-order valence-corrected chi connectivity index (χ0v) is 15.6. The van der Waals surface area contributed by atoms with Gasteiger partial charge in [0.25, 0.3) is 0 Å². The van der Waals surface area contributed by atoms with E-state index in [9.17, 15) is 4.79 Å². The SMILES string of the molecule is O=c1c2c(sc3ccccc13)C=CCC2(c1ccccc1)c1ccccc1. The van der Waals surface area contributed by atoms with Crippen molar-refractivity contribution >= 4 is 27.5 Å². The van der Waals surface area contributed by atoms with Gasteiger partial charge in [0.2, 0.25) is 0 Å². The van der Waals surface area contributed by atoms with Gasteiger partial charge in [-0.2, -0.15) is 0 Å². The first kappa shape index (κ1) is 16.2. The topological polar surface area (TPSA) is 17.1 Å². The molecule has 1 aliphatic carbocycles. The van der Waals surface area contributed by atoms with E-state index in [1.165, 1.54) is 11.1 Å². The van der Waals surface area contributed by atoms with Gasteiger partial charge in [0, 0.05) is 20.5 Å². The van der Waals surface area contributed by atoms with Gasteiger partial charge >= 0.3 is 0 Å². The van der Waals surface area contributed by atoms with Crippen LogP contribution in [-0.4, -0.2) is 0 Å². The number of benzene rings is 3. The van der Waals surface area contributed by atoms with Gasteiger partial charge < -0.3 is 0 Å². The van der Waals surface area contributed by atoms with Gasteiger partial charge in [0.15, 0.2) is 5.43 Å². The fraction of sp³-hybridized carbons (Fsp3) is 0.0800. The molecule has 0 amide bonds. The van der Waals surface area contributed by atoms with Crippen molar-refractivity contribution in [2.45, 2.75) is 11.8 Å². The van der Waals surface area contributed by atoms with E-state index >= 15 is 0 Å². The van der Waals surface area contributed by atoms with Crippen molar-refractivity contribution in [2.24, 2.45) is 0 Å². The first-order valence-corrected chi connectivity index (χ1v) is 9.96. The standard InChI is InChI=1S/C25H18OS/c26-24-20-14-7-8-15-21(20)27-22-16-9-17-25(23(22)24,18-10-3-1-4-11-18)19-12-5-2-6-13-19/h1-16H,17H2. The van der Waals surface area contributed by atoms with Gasteiger partial charge in [0.1, 0.15) is 0 Å². The highest BCUT2D eigenvalue weighted by molar-refractivity contribution is 7.19. The second-order valence-corrected chi connectivity index (χ2v) is 7.99. The Kier molecular flexibility index (Phi) is 3.80. The summed E-state index contributed by atoms with van der Waals surface area (Å²) in [6.07, 6.45) is 5.12. The molecular formula is C25H18OS. The van der Waals surface area contributed by atoms with Crippen molar-refractivity contribution in [1.82, 2.24) is 0 Å². The number of rotatable bonds is 2. The molecular weight excluding hydrogens is 348 g/mol. The maximum absolute atomic E-state index is 13.7. The van der Waals surface area contributed by atoms with E-state index in [2.05, 4.69) is 60.7 Å². The lowest BCUT2D eigenvalue weighted by atomic mass is 9.65. The van der Waals surface area contributed by atoms with Crippen molar-refractivity contribution < 1.29 is 0 Å². The van der Waals surface area contributed by atoms with Crippen LogP contribution in [0.1, 0.15) is 28.0 Å². The molecule has 130 valence electrons. The van der Waals surface area contributed by atoms with Crippen LogP contribution in [0.15, 0.2) is 95.8 Å². The second-order valence-electron chi connectivity index (χ2n) is 6.91. The van der Waals surface area contributed by atoms with Crippen molar-refractivity contribution in [3.63, 3.8) is 0 Å². The normalized spacial score (nSPS) is 14.8. The van der Waals surface area contributed by atoms with E-state index in [1.807, 2.05) is 36.4 Å². The monoisotopic (exact) mass is 366 g/mol. The molecule has 0 saturated carbocycles. The Labute approximate surface area is 162 Å². The van der Waals surface area contributed by atoms with Gasteiger partial charge in [0.05, 0.1) is 5.41 Å². The third kappa shape index (κ3) is 2.41. The van der Waals surface area contributed by atoms with E-state index in [1.54, 1.807) is 11.3 Å². The summed E-state index contributed by atoms with van der Waals surface area (Å²) >= 11 is 1.71. The Hall–Kier alpha value is -2.97. The molecule has 0 radical (unpaired) electrons. The van der Waals surface area contributed by atoms with E-state index in [4.69, 9.17) is 0 Å². The molecule has 1 nitrogen and oxygen atoms in total. The van der Waals surface area contributed by atoms with Gasteiger partial charge in [-0.3, -0.25) is 4.79 Å². The Morgan fingerprint density at radius 3 is 2.00 bits per heavy atom. The molecule has 3 aromatic carbocycles. The summed E-state index contributed by atoms with van der Waals surface area (Å²) < 4.78 is 1.04. The average Bonchev–Trinajstić information content (AvgIpc) is 2.74. The van der Waals surface area contributed by atoms with E-state index < -0.39 is 5.41 Å². The van der Waals surface area contributed by atoms with Crippen LogP contribution in [0.3, 0.4) is 0 Å². The molecule has 0 atom stereocenters. The summed E-state index contributed by atoms with van der Waals surface area (Å²) in [6, 6.07) is 28.8. The fourth-order valence-electron chi connectivity index (χ4n) is 4.26. The molecule has 5 rings (SSSR count). The second kappa shape index (κ2) is 6.33. The Balaban J connectivity index is 1.95. The zero-order valence-electron chi connectivity index (χ0n) is 14.8. The molecule has 27 heavy (non-hydrogen) atoms. The third-order valence-corrected chi connectivity index (χ3v) is 6.61. The van der Waals surface area contributed by atoms with Crippen molar-refractivity contribution in [2.75, 3.05) is 0 Å². The fourth-order valence-corrected chi connectivity index (χ4v) is 5.45. The summed E-state index contributed by atoms with van der Waals surface area (Å²) in [7, 11) is 0. The van der Waals surface area contributed by atoms with Crippen LogP contribution in [0.5, 0.6) is 0 Å². The van der Waals surface area contributed by atoms with Crippen LogP contribution in [0.25, 0.3) is 16.2 Å². The summed E-state index contributed by atoms with van der Waals surface area (Å²) in [5, 5.41) is 0.813. The maximum Gasteiger partial charge on any atom is 0.193 e. The van der Waals surface area contributed by atoms with Crippen LogP contribution in [0.4, 0.5) is 0 Å². The predicted molar refractivity (Wildman–Crippen MR) is 115 cm³/mol. The van der Waals surface area contributed by atoms with E-state index in [0.717, 1.165) is 26.9 Å². The molecule has 0 N–H and O–H groups in total. The Morgan fingerprint density at radius 2 is 1.33 bits per heavy atom. The van der Waals surface area contributed by atoms with Gasteiger partial charge in [-0.1, -0.05) is 78.9 Å². The molecule has 2 heteroatoms. The minimum Gasteiger partial charge on any atom is -0.289 e. The quantitative estimate of drug-likeness (QED) is 0.424. The minimum atomic E-state index is -0.454. The minimum absolute atomic E-state index is 0.149. The van der Waals surface area contributed by atoms with Crippen LogP contribution >= 0.6 is 11.3 Å². The molecule has 0 spiro atoms. The molecule has 0 bridgehead atoms. The van der Waals surface area contributed by atoms with E-state index in [-0.39, 0.29) is 5.43 Å². The van der Waals surface area contributed by atoms with Crippen LogP contribution in [0, 0.1) is 0 Å². The van der Waals surface area contributed by atoms with Gasteiger partial charge in [-0.05, 0) is 35.8 Å². The maximum atomic E-state index is 13.7.